The second-order valence-electron chi connectivity index (χ2n) is 5.39. The minimum atomic E-state index is -4.61. The number of rotatable bonds is 3. The summed E-state index contributed by atoms with van der Waals surface area (Å²) < 4.78 is 40.6. The molecule has 0 unspecified atom stereocenters. The van der Waals surface area contributed by atoms with E-state index in [1.807, 2.05) is 0 Å². The van der Waals surface area contributed by atoms with Gasteiger partial charge in [-0.2, -0.15) is 28.2 Å². The second-order valence-corrected chi connectivity index (χ2v) is 5.39. The quantitative estimate of drug-likeness (QED) is 0.854. The van der Waals surface area contributed by atoms with E-state index < -0.39 is 30.5 Å². The molecular formula is C13H13F3N6O2. The molecule has 1 saturated heterocycles. The van der Waals surface area contributed by atoms with E-state index >= 15 is 0 Å². The SMILES string of the molecule is Nc1nc(N2C[C@@H](C(F)(F)F)[C@H](C(=O)O)C2)cc(-n2cccn2)n1. The van der Waals surface area contributed by atoms with Gasteiger partial charge in [-0.15, -0.1) is 0 Å². The van der Waals surface area contributed by atoms with Gasteiger partial charge in [0.25, 0.3) is 0 Å². The minimum Gasteiger partial charge on any atom is -0.481 e. The lowest BCUT2D eigenvalue weighted by Gasteiger charge is -2.19. The van der Waals surface area contributed by atoms with E-state index in [1.165, 1.54) is 21.8 Å². The van der Waals surface area contributed by atoms with Crippen molar-refractivity contribution in [1.29, 1.82) is 0 Å². The maximum absolute atomic E-state index is 13.1. The molecule has 1 aliphatic rings. The summed E-state index contributed by atoms with van der Waals surface area (Å²) in [7, 11) is 0. The van der Waals surface area contributed by atoms with Gasteiger partial charge in [-0.1, -0.05) is 0 Å². The first-order valence-electron chi connectivity index (χ1n) is 6.95. The van der Waals surface area contributed by atoms with Crippen LogP contribution in [-0.4, -0.2) is 50.1 Å². The summed E-state index contributed by atoms with van der Waals surface area (Å²) >= 11 is 0. The molecule has 0 radical (unpaired) electrons. The van der Waals surface area contributed by atoms with Crippen molar-refractivity contribution >= 4 is 17.7 Å². The van der Waals surface area contributed by atoms with Crippen molar-refractivity contribution in [2.24, 2.45) is 11.8 Å². The van der Waals surface area contributed by atoms with E-state index in [9.17, 15) is 18.0 Å². The Balaban J connectivity index is 1.94. The zero-order chi connectivity index (χ0) is 17.5. The summed E-state index contributed by atoms with van der Waals surface area (Å²) in [6.45, 7) is -0.815. The van der Waals surface area contributed by atoms with Crippen LogP contribution in [0.5, 0.6) is 0 Å². The summed E-state index contributed by atoms with van der Waals surface area (Å²) in [6.07, 6.45) is -1.51. The van der Waals surface area contributed by atoms with Crippen molar-refractivity contribution in [3.63, 3.8) is 0 Å². The fourth-order valence-electron chi connectivity index (χ4n) is 2.70. The Bertz CT molecular complexity index is 749. The number of carboxylic acids is 1. The van der Waals surface area contributed by atoms with Gasteiger partial charge in [0.1, 0.15) is 5.82 Å². The molecular weight excluding hydrogens is 329 g/mol. The lowest BCUT2D eigenvalue weighted by atomic mass is 9.96. The molecule has 11 heteroatoms. The molecule has 3 heterocycles. The standard InChI is InChI=1S/C13H13F3N6O2/c14-13(15,16)8-6-21(5-7(8)11(23)24)9-4-10(20-12(17)19-9)22-3-1-2-18-22/h1-4,7-8H,5-6H2,(H,23,24)(H2,17,19,20)/t7-,8-/m1/s1. The van der Waals surface area contributed by atoms with Gasteiger partial charge in [0.05, 0.1) is 11.8 Å². The molecule has 2 aromatic heterocycles. The molecule has 3 rings (SSSR count). The Hall–Kier alpha value is -2.85. The van der Waals surface area contributed by atoms with E-state index in [-0.39, 0.29) is 24.1 Å². The Labute approximate surface area is 133 Å². The van der Waals surface area contributed by atoms with Gasteiger partial charge in [-0.05, 0) is 6.07 Å². The number of carbonyl (C=O) groups is 1. The number of carboxylic acid groups (broad SMARTS) is 1. The number of alkyl halides is 3. The van der Waals surface area contributed by atoms with Crippen molar-refractivity contribution in [2.45, 2.75) is 6.18 Å². The molecule has 0 amide bonds. The number of aliphatic carboxylic acids is 1. The van der Waals surface area contributed by atoms with Crippen molar-refractivity contribution < 1.29 is 23.1 Å². The van der Waals surface area contributed by atoms with Crippen LogP contribution in [0, 0.1) is 11.8 Å². The molecule has 0 bridgehead atoms. The van der Waals surface area contributed by atoms with E-state index in [1.54, 1.807) is 12.3 Å². The largest absolute Gasteiger partial charge is 0.481 e. The highest BCUT2D eigenvalue weighted by Gasteiger charge is 2.52. The lowest BCUT2D eigenvalue weighted by molar-refractivity contribution is -0.187. The van der Waals surface area contributed by atoms with Crippen molar-refractivity contribution in [3.05, 3.63) is 24.5 Å². The highest BCUT2D eigenvalue weighted by Crippen LogP contribution is 2.39. The van der Waals surface area contributed by atoms with E-state index in [0.717, 1.165) is 0 Å². The Kier molecular flexibility index (Phi) is 3.78. The first kappa shape index (κ1) is 16.0. The first-order chi connectivity index (χ1) is 11.3. The number of nitrogens with two attached hydrogens (primary N) is 1. The van der Waals surface area contributed by atoms with Crippen LogP contribution < -0.4 is 10.6 Å². The van der Waals surface area contributed by atoms with Gasteiger partial charge in [-0.25, -0.2) is 4.68 Å². The fourth-order valence-corrected chi connectivity index (χ4v) is 2.70. The predicted octanol–water partition coefficient (Wildman–Crippen LogP) is 0.944. The second kappa shape index (κ2) is 5.65. The fraction of sp³-hybridized carbons (Fsp3) is 0.385. The molecule has 24 heavy (non-hydrogen) atoms. The average molecular weight is 342 g/mol. The smallest absolute Gasteiger partial charge is 0.394 e. The van der Waals surface area contributed by atoms with Gasteiger partial charge in [0.2, 0.25) is 5.95 Å². The molecule has 3 N–H and O–H groups in total. The number of hydrogen-bond donors (Lipinski definition) is 2. The summed E-state index contributed by atoms with van der Waals surface area (Å²) in [5, 5.41) is 13.0. The third-order valence-electron chi connectivity index (χ3n) is 3.84. The minimum absolute atomic E-state index is 0.131. The summed E-state index contributed by atoms with van der Waals surface area (Å²) in [4.78, 5) is 20.3. The topological polar surface area (TPSA) is 110 Å². The number of nitrogen functional groups attached to an aromatic ring is 1. The van der Waals surface area contributed by atoms with E-state index in [0.29, 0.717) is 0 Å². The van der Waals surface area contributed by atoms with Crippen LogP contribution >= 0.6 is 0 Å². The maximum Gasteiger partial charge on any atom is 0.394 e. The zero-order valence-electron chi connectivity index (χ0n) is 12.2. The Morgan fingerprint density at radius 3 is 2.54 bits per heavy atom. The molecule has 1 aliphatic heterocycles. The molecule has 0 saturated carbocycles. The van der Waals surface area contributed by atoms with E-state index in [4.69, 9.17) is 10.8 Å². The zero-order valence-corrected chi connectivity index (χ0v) is 12.2. The van der Waals surface area contributed by atoms with Crippen LogP contribution in [0.15, 0.2) is 24.5 Å². The van der Waals surface area contributed by atoms with Crippen LogP contribution in [0.1, 0.15) is 0 Å². The predicted molar refractivity (Wildman–Crippen MR) is 76.5 cm³/mol. The van der Waals surface area contributed by atoms with Gasteiger partial charge < -0.3 is 15.7 Å². The first-order valence-corrected chi connectivity index (χ1v) is 6.95. The molecule has 0 aromatic carbocycles. The van der Waals surface area contributed by atoms with Crippen molar-refractivity contribution in [2.75, 3.05) is 23.7 Å². The van der Waals surface area contributed by atoms with Gasteiger partial charge >= 0.3 is 12.1 Å². The van der Waals surface area contributed by atoms with Crippen molar-refractivity contribution in [3.8, 4) is 5.82 Å². The third kappa shape index (κ3) is 2.96. The molecule has 0 aliphatic carbocycles. The number of aromatic nitrogens is 4. The summed E-state index contributed by atoms with van der Waals surface area (Å²) in [5.74, 6) is -4.75. The molecule has 8 nitrogen and oxygen atoms in total. The summed E-state index contributed by atoms with van der Waals surface area (Å²) in [6, 6.07) is 3.06. The molecule has 0 spiro atoms. The number of halogens is 3. The van der Waals surface area contributed by atoms with Crippen LogP contribution in [0.25, 0.3) is 5.82 Å². The molecule has 1 fully saturated rings. The average Bonchev–Trinajstić information content (AvgIpc) is 3.16. The van der Waals surface area contributed by atoms with Crippen LogP contribution in [-0.2, 0) is 4.79 Å². The van der Waals surface area contributed by atoms with E-state index in [2.05, 4.69) is 15.1 Å². The van der Waals surface area contributed by atoms with Gasteiger partial charge in [0.15, 0.2) is 5.82 Å². The van der Waals surface area contributed by atoms with Gasteiger partial charge in [-0.3, -0.25) is 4.79 Å². The lowest BCUT2D eigenvalue weighted by Crippen LogP contribution is -2.33. The number of nitrogens with zero attached hydrogens (tertiary/aromatic N) is 5. The van der Waals surface area contributed by atoms with Crippen LogP contribution in [0.2, 0.25) is 0 Å². The number of hydrogen-bond acceptors (Lipinski definition) is 6. The maximum atomic E-state index is 13.1. The summed E-state index contributed by atoms with van der Waals surface area (Å²) in [5.41, 5.74) is 5.62. The third-order valence-corrected chi connectivity index (χ3v) is 3.84. The molecule has 2 atom stereocenters. The Morgan fingerprint density at radius 1 is 1.29 bits per heavy atom. The monoisotopic (exact) mass is 342 g/mol. The van der Waals surface area contributed by atoms with Gasteiger partial charge in [0, 0.05) is 31.5 Å². The van der Waals surface area contributed by atoms with Crippen molar-refractivity contribution in [1.82, 2.24) is 19.7 Å². The highest BCUT2D eigenvalue weighted by molar-refractivity contribution is 5.72. The van der Waals surface area contributed by atoms with Crippen LogP contribution in [0.4, 0.5) is 24.9 Å². The highest BCUT2D eigenvalue weighted by atomic mass is 19.4. The van der Waals surface area contributed by atoms with Crippen LogP contribution in [0.3, 0.4) is 0 Å². The molecule has 128 valence electrons. The molecule has 2 aromatic rings. The number of anilines is 2. The normalized spacial score (nSPS) is 21.2. The Morgan fingerprint density at radius 2 is 2.00 bits per heavy atom.